The number of imide groups is 1. The molecular formula is C22H28N4O5S. The van der Waals surface area contributed by atoms with Crippen molar-refractivity contribution in [1.29, 1.82) is 0 Å². The van der Waals surface area contributed by atoms with Gasteiger partial charge >= 0.3 is 6.03 Å². The number of benzene rings is 1. The maximum absolute atomic E-state index is 13.0. The summed E-state index contributed by atoms with van der Waals surface area (Å²) in [5.74, 6) is -1.03. The van der Waals surface area contributed by atoms with Gasteiger partial charge in [0.05, 0.1) is 24.0 Å². The first-order valence-electron chi connectivity index (χ1n) is 10.8. The molecule has 4 rings (SSSR count). The molecule has 0 radical (unpaired) electrons. The van der Waals surface area contributed by atoms with Crippen LogP contribution in [0.5, 0.6) is 0 Å². The van der Waals surface area contributed by atoms with Crippen LogP contribution in [0.15, 0.2) is 30.3 Å². The highest BCUT2D eigenvalue weighted by Gasteiger charge is 2.49. The number of carbonyl (C=O) groups is 2. The first kappa shape index (κ1) is 22.6. The third kappa shape index (κ3) is 4.48. The number of aryl methyl sites for hydroxylation is 1. The fourth-order valence-electron chi connectivity index (χ4n) is 4.38. The number of urea groups is 1. The normalized spacial score (nSPS) is 22.8. The third-order valence-electron chi connectivity index (χ3n) is 6.25. The van der Waals surface area contributed by atoms with Gasteiger partial charge in [0.1, 0.15) is 5.54 Å². The summed E-state index contributed by atoms with van der Waals surface area (Å²) in [6.07, 6.45) is 1.28. The summed E-state index contributed by atoms with van der Waals surface area (Å²) in [5.41, 5.74) is 1.51. The number of pyridine rings is 1. The van der Waals surface area contributed by atoms with Gasteiger partial charge in [-0.2, -0.15) is 0 Å². The number of amides is 3. The van der Waals surface area contributed by atoms with E-state index in [1.165, 1.54) is 4.31 Å². The highest BCUT2D eigenvalue weighted by Crippen LogP contribution is 2.25. The lowest BCUT2D eigenvalue weighted by molar-refractivity contribution is -0.123. The minimum absolute atomic E-state index is 0.0525. The first-order chi connectivity index (χ1) is 15.2. The minimum atomic E-state index is -3.72. The molecule has 2 N–H and O–H groups in total. The number of rotatable bonds is 7. The van der Waals surface area contributed by atoms with Gasteiger partial charge in [0.2, 0.25) is 10.0 Å². The molecule has 1 atom stereocenters. The fraction of sp³-hybridized carbons (Fsp3) is 0.500. The fourth-order valence-corrected chi connectivity index (χ4v) is 6.36. The summed E-state index contributed by atoms with van der Waals surface area (Å²) in [6, 6.07) is 9.30. The van der Waals surface area contributed by atoms with Crippen LogP contribution < -0.4 is 10.6 Å². The molecule has 3 amide bonds. The molecule has 0 aliphatic carbocycles. The Kier molecular flexibility index (Phi) is 6.19. The van der Waals surface area contributed by atoms with E-state index in [1.807, 2.05) is 37.3 Å². The Labute approximate surface area is 187 Å². The van der Waals surface area contributed by atoms with Crippen molar-refractivity contribution in [1.82, 2.24) is 19.9 Å². The molecule has 172 valence electrons. The number of piperidine rings is 1. The van der Waals surface area contributed by atoms with E-state index in [1.54, 1.807) is 6.92 Å². The Morgan fingerprint density at radius 1 is 1.22 bits per heavy atom. The van der Waals surface area contributed by atoms with Gasteiger partial charge in [-0.3, -0.25) is 15.1 Å². The van der Waals surface area contributed by atoms with Crippen molar-refractivity contribution in [3.63, 3.8) is 0 Å². The summed E-state index contributed by atoms with van der Waals surface area (Å²) < 4.78 is 33.5. The second-order valence-electron chi connectivity index (χ2n) is 8.45. The Morgan fingerprint density at radius 2 is 1.94 bits per heavy atom. The van der Waals surface area contributed by atoms with Gasteiger partial charge in [0.15, 0.2) is 0 Å². The lowest BCUT2D eigenvalue weighted by Gasteiger charge is -2.33. The molecular weight excluding hydrogens is 432 g/mol. The van der Waals surface area contributed by atoms with Crippen molar-refractivity contribution in [2.45, 2.75) is 51.4 Å². The lowest BCUT2D eigenvalue weighted by atomic mass is 10.00. The summed E-state index contributed by atoms with van der Waals surface area (Å²) >= 11 is 0. The Balaban J connectivity index is 1.36. The maximum atomic E-state index is 13.0. The van der Waals surface area contributed by atoms with E-state index >= 15 is 0 Å². The molecule has 0 saturated carbocycles. The number of aromatic nitrogens is 1. The number of nitrogens with zero attached hydrogens (tertiary/aromatic N) is 2. The van der Waals surface area contributed by atoms with E-state index in [4.69, 9.17) is 4.74 Å². The highest BCUT2D eigenvalue weighted by molar-refractivity contribution is 7.89. The van der Waals surface area contributed by atoms with Gasteiger partial charge < -0.3 is 10.1 Å². The average molecular weight is 461 g/mol. The zero-order valence-electron chi connectivity index (χ0n) is 18.3. The van der Waals surface area contributed by atoms with Crippen molar-refractivity contribution in [2.24, 2.45) is 0 Å². The van der Waals surface area contributed by atoms with Crippen LogP contribution in [0.1, 0.15) is 37.4 Å². The van der Waals surface area contributed by atoms with E-state index in [-0.39, 0.29) is 12.5 Å². The molecule has 1 aromatic heterocycles. The number of carbonyl (C=O) groups excluding carboxylic acids is 2. The molecule has 32 heavy (non-hydrogen) atoms. The standard InChI is InChI=1S/C22H28N4O5S/c1-3-22(20(27)24-21(28)25-22)14-32(29,30)26-10-8-17(9-11-26)31-13-16-12-15(2)23-19-7-5-4-6-18(16)19/h4-7,12,17H,3,8-11,13-14H2,1-2H3,(H2,24,25,27,28). The smallest absolute Gasteiger partial charge is 0.322 e. The largest absolute Gasteiger partial charge is 0.373 e. The van der Waals surface area contributed by atoms with Gasteiger partial charge in [0.25, 0.3) is 5.91 Å². The number of sulfonamides is 1. The molecule has 2 saturated heterocycles. The number of nitrogens with one attached hydrogen (secondary N) is 2. The second kappa shape index (κ2) is 8.76. The highest BCUT2D eigenvalue weighted by atomic mass is 32.2. The first-order valence-corrected chi connectivity index (χ1v) is 12.4. The Morgan fingerprint density at radius 3 is 2.59 bits per heavy atom. The number of fused-ring (bicyclic) bond motifs is 1. The number of para-hydroxylation sites is 1. The third-order valence-corrected chi connectivity index (χ3v) is 8.26. The molecule has 0 spiro atoms. The molecule has 2 aliphatic rings. The molecule has 2 aromatic rings. The van der Waals surface area contributed by atoms with Crippen LogP contribution in [-0.4, -0.2) is 60.1 Å². The van der Waals surface area contributed by atoms with Crippen molar-refractivity contribution in [3.8, 4) is 0 Å². The monoisotopic (exact) mass is 460 g/mol. The van der Waals surface area contributed by atoms with E-state index in [9.17, 15) is 18.0 Å². The molecule has 2 fully saturated rings. The molecule has 1 aromatic carbocycles. The van der Waals surface area contributed by atoms with Gasteiger partial charge in [-0.1, -0.05) is 25.1 Å². The van der Waals surface area contributed by atoms with Crippen molar-refractivity contribution >= 4 is 32.9 Å². The van der Waals surface area contributed by atoms with E-state index in [2.05, 4.69) is 15.6 Å². The van der Waals surface area contributed by atoms with Crippen LogP contribution in [0.4, 0.5) is 4.79 Å². The van der Waals surface area contributed by atoms with E-state index in [0.717, 1.165) is 22.2 Å². The van der Waals surface area contributed by atoms with Crippen LogP contribution in [0.25, 0.3) is 10.9 Å². The van der Waals surface area contributed by atoms with Gasteiger partial charge in [-0.05, 0) is 43.9 Å². The van der Waals surface area contributed by atoms with Gasteiger partial charge in [-0.25, -0.2) is 17.5 Å². The van der Waals surface area contributed by atoms with Crippen LogP contribution in [0, 0.1) is 6.92 Å². The zero-order valence-corrected chi connectivity index (χ0v) is 19.1. The summed E-state index contributed by atoms with van der Waals surface area (Å²) in [7, 11) is -3.72. The second-order valence-corrected chi connectivity index (χ2v) is 10.4. The summed E-state index contributed by atoms with van der Waals surface area (Å²) in [4.78, 5) is 28.3. The minimum Gasteiger partial charge on any atom is -0.373 e. The average Bonchev–Trinajstić information content (AvgIpc) is 3.04. The number of hydrogen-bond acceptors (Lipinski definition) is 6. The number of ether oxygens (including phenoxy) is 1. The van der Waals surface area contributed by atoms with E-state index < -0.39 is 33.3 Å². The molecule has 3 heterocycles. The summed E-state index contributed by atoms with van der Waals surface area (Å²) in [6.45, 7) is 4.71. The van der Waals surface area contributed by atoms with Crippen LogP contribution in [-0.2, 0) is 26.2 Å². The SMILES string of the molecule is CCC1(CS(=O)(=O)N2CCC(OCc3cc(C)nc4ccccc34)CC2)NC(=O)NC1=O. The predicted octanol–water partition coefficient (Wildman–Crippen LogP) is 1.84. The van der Waals surface area contributed by atoms with E-state index in [0.29, 0.717) is 32.5 Å². The predicted molar refractivity (Wildman–Crippen MR) is 119 cm³/mol. The molecule has 9 nitrogen and oxygen atoms in total. The molecule has 10 heteroatoms. The molecule has 0 bridgehead atoms. The van der Waals surface area contributed by atoms with Gasteiger partial charge in [-0.15, -0.1) is 0 Å². The Hall–Kier alpha value is -2.56. The molecule has 1 unspecified atom stereocenters. The van der Waals surface area contributed by atoms with Crippen LogP contribution in [0.3, 0.4) is 0 Å². The van der Waals surface area contributed by atoms with Crippen molar-refractivity contribution in [3.05, 3.63) is 41.6 Å². The van der Waals surface area contributed by atoms with Crippen molar-refractivity contribution in [2.75, 3.05) is 18.8 Å². The van der Waals surface area contributed by atoms with Gasteiger partial charge in [0, 0.05) is 24.2 Å². The Bertz CT molecular complexity index is 1140. The topological polar surface area (TPSA) is 118 Å². The van der Waals surface area contributed by atoms with Crippen LogP contribution >= 0.6 is 0 Å². The summed E-state index contributed by atoms with van der Waals surface area (Å²) in [5, 5.41) is 5.69. The lowest BCUT2D eigenvalue weighted by Crippen LogP contribution is -2.55. The van der Waals surface area contributed by atoms with Crippen LogP contribution in [0.2, 0.25) is 0 Å². The van der Waals surface area contributed by atoms with Crippen molar-refractivity contribution < 1.29 is 22.7 Å². The maximum Gasteiger partial charge on any atom is 0.322 e. The molecule has 2 aliphatic heterocycles. The zero-order chi connectivity index (χ0) is 22.9. The quantitative estimate of drug-likeness (QED) is 0.609. The number of hydrogen-bond donors (Lipinski definition) is 2.